The van der Waals surface area contributed by atoms with E-state index in [9.17, 15) is 14.7 Å². The van der Waals surface area contributed by atoms with E-state index in [2.05, 4.69) is 10.3 Å². The fourth-order valence-corrected chi connectivity index (χ4v) is 3.43. The van der Waals surface area contributed by atoms with Crippen LogP contribution in [0.25, 0.3) is 11.2 Å². The third kappa shape index (κ3) is 5.34. The first-order valence-corrected chi connectivity index (χ1v) is 9.75. The van der Waals surface area contributed by atoms with E-state index in [1.807, 2.05) is 30.3 Å². The second-order valence-corrected chi connectivity index (χ2v) is 7.40. The van der Waals surface area contributed by atoms with Crippen LogP contribution < -0.4 is 16.6 Å². The normalized spacial score (nSPS) is 12.2. The number of benzene rings is 1. The Kier molecular flexibility index (Phi) is 8.40. The molecule has 0 spiro atoms. The number of aliphatic hydroxyl groups is 2. The first kappa shape index (κ1) is 24.6. The van der Waals surface area contributed by atoms with Gasteiger partial charge in [-0.3, -0.25) is 13.9 Å². The Morgan fingerprint density at radius 1 is 1.16 bits per heavy atom. The first-order valence-electron chi connectivity index (χ1n) is 9.75. The molecule has 11 heteroatoms. The van der Waals surface area contributed by atoms with Crippen molar-refractivity contribution < 1.29 is 10.2 Å². The molecule has 1 aromatic carbocycles. The number of nitrogens with zero attached hydrogens (tertiary/aromatic N) is 5. The molecule has 0 saturated carbocycles. The van der Waals surface area contributed by atoms with Gasteiger partial charge in [0.1, 0.15) is 0 Å². The van der Waals surface area contributed by atoms with Gasteiger partial charge in [0.15, 0.2) is 11.2 Å². The van der Waals surface area contributed by atoms with Crippen molar-refractivity contribution in [1.29, 1.82) is 0 Å². The fraction of sp³-hybridized carbons (Fsp3) is 0.450. The first-order chi connectivity index (χ1) is 14.3. The highest BCUT2D eigenvalue weighted by atomic mass is 35.5. The molecule has 0 fully saturated rings. The number of rotatable bonds is 9. The maximum Gasteiger partial charge on any atom is 0.332 e. The summed E-state index contributed by atoms with van der Waals surface area (Å²) in [6.45, 7) is 1.31. The Bertz CT molecular complexity index is 1120. The molecule has 0 aliphatic heterocycles. The number of aryl methyl sites for hydroxylation is 1. The van der Waals surface area contributed by atoms with E-state index in [1.165, 1.54) is 11.6 Å². The van der Waals surface area contributed by atoms with Gasteiger partial charge < -0.3 is 25.0 Å². The molecule has 31 heavy (non-hydrogen) atoms. The Morgan fingerprint density at radius 2 is 1.84 bits per heavy atom. The minimum absolute atomic E-state index is 0. The highest BCUT2D eigenvalue weighted by molar-refractivity contribution is 5.85. The summed E-state index contributed by atoms with van der Waals surface area (Å²) >= 11 is 0. The fourth-order valence-electron chi connectivity index (χ4n) is 3.43. The maximum absolute atomic E-state index is 12.9. The van der Waals surface area contributed by atoms with E-state index < -0.39 is 17.4 Å². The molecule has 0 radical (unpaired) electrons. The van der Waals surface area contributed by atoms with Gasteiger partial charge in [-0.1, -0.05) is 30.3 Å². The van der Waals surface area contributed by atoms with Crippen molar-refractivity contribution >= 4 is 29.5 Å². The van der Waals surface area contributed by atoms with Gasteiger partial charge in [0.05, 0.1) is 19.3 Å². The zero-order valence-electron chi connectivity index (χ0n) is 17.9. The van der Waals surface area contributed by atoms with Gasteiger partial charge in [-0.25, -0.2) is 4.79 Å². The number of anilines is 1. The van der Waals surface area contributed by atoms with Crippen molar-refractivity contribution in [1.82, 2.24) is 23.6 Å². The van der Waals surface area contributed by atoms with Crippen LogP contribution in [0.4, 0.5) is 5.95 Å². The average molecular weight is 453 g/mol. The average Bonchev–Trinajstić information content (AvgIpc) is 3.08. The molecule has 2 heterocycles. The molecule has 10 nitrogen and oxygen atoms in total. The monoisotopic (exact) mass is 452 g/mol. The number of imidazole rings is 1. The zero-order chi connectivity index (χ0) is 21.8. The molecular formula is C20H29ClN6O4. The van der Waals surface area contributed by atoms with Crippen LogP contribution in [-0.2, 0) is 27.2 Å². The molecule has 1 unspecified atom stereocenters. The maximum atomic E-state index is 12.9. The van der Waals surface area contributed by atoms with Crippen molar-refractivity contribution in [2.45, 2.75) is 19.2 Å². The highest BCUT2D eigenvalue weighted by Gasteiger charge is 2.21. The van der Waals surface area contributed by atoms with Crippen LogP contribution in [0.3, 0.4) is 0 Å². The molecule has 3 aromatic rings. The minimum Gasteiger partial charge on any atom is -0.395 e. The van der Waals surface area contributed by atoms with Crippen LogP contribution in [-0.4, -0.2) is 66.6 Å². The molecular weight excluding hydrogens is 424 g/mol. The quantitative estimate of drug-likeness (QED) is 0.410. The Balaban J connectivity index is 0.00000341. The van der Waals surface area contributed by atoms with E-state index in [1.54, 1.807) is 23.6 Å². The van der Waals surface area contributed by atoms with Gasteiger partial charge in [-0.05, 0) is 12.6 Å². The zero-order valence-corrected chi connectivity index (χ0v) is 18.7. The molecule has 1 atom stereocenters. The summed E-state index contributed by atoms with van der Waals surface area (Å²) in [6, 6.07) is 9.72. The molecule has 0 aliphatic rings. The summed E-state index contributed by atoms with van der Waals surface area (Å²) in [5, 5.41) is 22.9. The number of nitrogens with one attached hydrogen (secondary N) is 1. The highest BCUT2D eigenvalue weighted by Crippen LogP contribution is 2.17. The summed E-state index contributed by atoms with van der Waals surface area (Å²) in [5.74, 6) is 0.399. The molecule has 0 saturated heterocycles. The molecule has 0 amide bonds. The number of hydrogen-bond acceptors (Lipinski definition) is 7. The van der Waals surface area contributed by atoms with Crippen LogP contribution in [0.15, 0.2) is 39.9 Å². The predicted octanol–water partition coefficient (Wildman–Crippen LogP) is -0.247. The predicted molar refractivity (Wildman–Crippen MR) is 122 cm³/mol. The van der Waals surface area contributed by atoms with E-state index >= 15 is 0 Å². The lowest BCUT2D eigenvalue weighted by atomic mass is 10.2. The van der Waals surface area contributed by atoms with Gasteiger partial charge in [-0.2, -0.15) is 4.98 Å². The third-order valence-electron chi connectivity index (χ3n) is 5.04. The van der Waals surface area contributed by atoms with E-state index in [-0.39, 0.29) is 36.7 Å². The topological polar surface area (TPSA) is 118 Å². The number of halogens is 1. The second kappa shape index (κ2) is 10.6. The molecule has 3 N–H and O–H groups in total. The summed E-state index contributed by atoms with van der Waals surface area (Å²) in [7, 11) is 4.78. The van der Waals surface area contributed by atoms with Crippen LogP contribution in [0.1, 0.15) is 5.56 Å². The van der Waals surface area contributed by atoms with Crippen LogP contribution in [0.2, 0.25) is 0 Å². The summed E-state index contributed by atoms with van der Waals surface area (Å²) in [6.07, 6.45) is -0.807. The van der Waals surface area contributed by atoms with Crippen LogP contribution in [0.5, 0.6) is 0 Å². The van der Waals surface area contributed by atoms with E-state index in [0.717, 1.165) is 10.1 Å². The molecule has 0 bridgehead atoms. The molecule has 0 aliphatic carbocycles. The number of likely N-dealkylation sites (N-methyl/N-ethyl adjacent to an activating group) is 1. The van der Waals surface area contributed by atoms with Gasteiger partial charge in [0.25, 0.3) is 5.56 Å². The van der Waals surface area contributed by atoms with Gasteiger partial charge in [0.2, 0.25) is 5.95 Å². The van der Waals surface area contributed by atoms with Crippen molar-refractivity contribution in [3.05, 3.63) is 56.7 Å². The van der Waals surface area contributed by atoms with Crippen molar-refractivity contribution in [3.63, 3.8) is 0 Å². The lowest BCUT2D eigenvalue weighted by Gasteiger charge is -2.21. The summed E-state index contributed by atoms with van der Waals surface area (Å²) < 4.78 is 3.98. The lowest BCUT2D eigenvalue weighted by Crippen LogP contribution is -2.38. The molecule has 3 rings (SSSR count). The smallest absolute Gasteiger partial charge is 0.332 e. The van der Waals surface area contributed by atoms with Gasteiger partial charge >= 0.3 is 5.69 Å². The summed E-state index contributed by atoms with van der Waals surface area (Å²) in [5.41, 5.74) is 0.606. The Labute approximate surface area is 185 Å². The third-order valence-corrected chi connectivity index (χ3v) is 5.04. The number of fused-ring (bicyclic) bond motifs is 1. The van der Waals surface area contributed by atoms with Crippen LogP contribution in [0, 0.1) is 0 Å². The van der Waals surface area contributed by atoms with Gasteiger partial charge in [-0.15, -0.1) is 12.4 Å². The largest absolute Gasteiger partial charge is 0.395 e. The van der Waals surface area contributed by atoms with Crippen molar-refractivity contribution in [2.75, 3.05) is 32.1 Å². The summed E-state index contributed by atoms with van der Waals surface area (Å²) in [4.78, 5) is 31.5. The van der Waals surface area contributed by atoms with E-state index in [0.29, 0.717) is 25.6 Å². The molecule has 170 valence electrons. The number of aromatic nitrogens is 4. The van der Waals surface area contributed by atoms with Gasteiger partial charge in [0, 0.05) is 33.7 Å². The van der Waals surface area contributed by atoms with Crippen LogP contribution >= 0.6 is 12.4 Å². The minimum atomic E-state index is -0.807. The van der Waals surface area contributed by atoms with E-state index in [4.69, 9.17) is 5.11 Å². The second-order valence-electron chi connectivity index (χ2n) is 7.40. The molecule has 2 aromatic heterocycles. The SMILES string of the molecule is CN(CCO)CC(O)Cn1c(NCc2ccccc2)nc2c1c(=O)n(C)c(=O)n2C.Cl. The number of aliphatic hydroxyl groups excluding tert-OH is 2. The number of hydrogen-bond donors (Lipinski definition) is 3. The van der Waals surface area contributed by atoms with Crippen molar-refractivity contribution in [3.8, 4) is 0 Å². The Morgan fingerprint density at radius 3 is 2.48 bits per heavy atom. The van der Waals surface area contributed by atoms with Crippen molar-refractivity contribution in [2.24, 2.45) is 14.1 Å². The standard InChI is InChI=1S/C20H28N6O4.ClH/c1-23(9-10-27)12-15(28)13-26-16-17(24(2)20(30)25(3)18(16)29)22-19(26)21-11-14-7-5-4-6-8-14;/h4-8,15,27-28H,9-13H2,1-3H3,(H,21,22);1H. The lowest BCUT2D eigenvalue weighted by molar-refractivity contribution is 0.102. The Hall–Kier alpha value is -2.66.